The Morgan fingerprint density at radius 3 is 2.83 bits per heavy atom. The Morgan fingerprint density at radius 1 is 1.58 bits per heavy atom. The summed E-state index contributed by atoms with van der Waals surface area (Å²) >= 11 is 11.5. The highest BCUT2D eigenvalue weighted by Crippen LogP contribution is 2.22. The lowest BCUT2D eigenvalue weighted by Gasteiger charge is -2.07. The minimum absolute atomic E-state index is 0.316. The third kappa shape index (κ3) is 1.97. The van der Waals surface area contributed by atoms with Crippen molar-refractivity contribution in [2.45, 2.75) is 6.04 Å². The lowest BCUT2D eigenvalue weighted by molar-refractivity contribution is 0.904. The molecule has 0 fully saturated rings. The van der Waals surface area contributed by atoms with E-state index in [4.69, 9.17) is 28.9 Å². The molecule has 12 heavy (non-hydrogen) atoms. The van der Waals surface area contributed by atoms with Crippen LogP contribution >= 0.6 is 23.2 Å². The van der Waals surface area contributed by atoms with Crippen molar-refractivity contribution in [1.82, 2.24) is 4.98 Å². The van der Waals surface area contributed by atoms with E-state index in [2.05, 4.69) is 11.6 Å². The van der Waals surface area contributed by atoms with E-state index in [9.17, 15) is 0 Å². The van der Waals surface area contributed by atoms with Crippen molar-refractivity contribution >= 4 is 23.2 Å². The molecule has 0 radical (unpaired) electrons. The van der Waals surface area contributed by atoms with E-state index in [0.717, 1.165) is 0 Å². The van der Waals surface area contributed by atoms with E-state index in [-0.39, 0.29) is 6.04 Å². The van der Waals surface area contributed by atoms with E-state index in [0.29, 0.717) is 15.7 Å². The van der Waals surface area contributed by atoms with E-state index >= 15 is 0 Å². The molecule has 4 heteroatoms. The summed E-state index contributed by atoms with van der Waals surface area (Å²) in [5, 5.41) is 0.888. The monoisotopic (exact) mass is 202 g/mol. The molecular formula is C8H8Cl2N2. The van der Waals surface area contributed by atoms with Gasteiger partial charge in [0.1, 0.15) is 5.15 Å². The fraction of sp³-hybridized carbons (Fsp3) is 0.125. The molecule has 0 aliphatic rings. The Kier molecular flexibility index (Phi) is 3.09. The van der Waals surface area contributed by atoms with Crippen molar-refractivity contribution in [3.05, 3.63) is 40.7 Å². The maximum atomic E-state index is 5.77. The quantitative estimate of drug-likeness (QED) is 0.592. The minimum Gasteiger partial charge on any atom is -0.321 e. The molecule has 0 bridgehead atoms. The summed E-state index contributed by atoms with van der Waals surface area (Å²) in [5.41, 5.74) is 6.36. The van der Waals surface area contributed by atoms with Gasteiger partial charge < -0.3 is 5.73 Å². The molecule has 1 aromatic rings. The normalized spacial score (nSPS) is 12.6. The standard InChI is InChI=1S/C8H8Cl2N2/c1-2-7(11)6-3-5(9)4-12-8(6)10/h2-4,7H,1,11H2/t7-/m0/s1. The molecule has 0 amide bonds. The third-order valence-electron chi connectivity index (χ3n) is 1.45. The molecular weight excluding hydrogens is 195 g/mol. The predicted molar refractivity (Wildman–Crippen MR) is 51.4 cm³/mol. The minimum atomic E-state index is -0.316. The molecule has 1 atom stereocenters. The fourth-order valence-corrected chi connectivity index (χ4v) is 1.19. The number of pyridine rings is 1. The first kappa shape index (κ1) is 9.52. The van der Waals surface area contributed by atoms with Crippen LogP contribution in [0.4, 0.5) is 0 Å². The van der Waals surface area contributed by atoms with Crippen LogP contribution < -0.4 is 5.73 Å². The zero-order chi connectivity index (χ0) is 9.14. The Labute approximate surface area is 81.0 Å². The summed E-state index contributed by atoms with van der Waals surface area (Å²) in [5.74, 6) is 0. The molecule has 0 unspecified atom stereocenters. The Hall–Kier alpha value is -0.570. The van der Waals surface area contributed by atoms with Gasteiger partial charge in [-0.15, -0.1) is 6.58 Å². The smallest absolute Gasteiger partial charge is 0.134 e. The Balaban J connectivity index is 3.12. The van der Waals surface area contributed by atoms with Gasteiger partial charge in [0.2, 0.25) is 0 Å². The number of aromatic nitrogens is 1. The van der Waals surface area contributed by atoms with Crippen LogP contribution in [0.2, 0.25) is 10.2 Å². The highest BCUT2D eigenvalue weighted by atomic mass is 35.5. The average molecular weight is 203 g/mol. The van der Waals surface area contributed by atoms with E-state index in [1.807, 2.05) is 0 Å². The van der Waals surface area contributed by atoms with Crippen LogP contribution in [-0.4, -0.2) is 4.98 Å². The molecule has 0 aromatic carbocycles. The first-order chi connectivity index (χ1) is 5.65. The lowest BCUT2D eigenvalue weighted by atomic mass is 10.1. The fourth-order valence-electron chi connectivity index (χ4n) is 0.799. The average Bonchev–Trinajstić information content (AvgIpc) is 2.08. The molecule has 2 nitrogen and oxygen atoms in total. The van der Waals surface area contributed by atoms with Gasteiger partial charge in [0.15, 0.2) is 0 Å². The van der Waals surface area contributed by atoms with Crippen LogP contribution in [0.5, 0.6) is 0 Å². The molecule has 2 N–H and O–H groups in total. The van der Waals surface area contributed by atoms with Gasteiger partial charge in [-0.1, -0.05) is 29.3 Å². The van der Waals surface area contributed by atoms with Gasteiger partial charge in [-0.05, 0) is 6.07 Å². The second-order valence-electron chi connectivity index (χ2n) is 2.30. The van der Waals surface area contributed by atoms with Gasteiger partial charge >= 0.3 is 0 Å². The summed E-state index contributed by atoms with van der Waals surface area (Å²) in [6.07, 6.45) is 3.06. The van der Waals surface area contributed by atoms with Gasteiger partial charge in [-0.3, -0.25) is 0 Å². The molecule has 64 valence electrons. The van der Waals surface area contributed by atoms with Gasteiger partial charge in [-0.2, -0.15) is 0 Å². The first-order valence-electron chi connectivity index (χ1n) is 3.34. The molecule has 1 rings (SSSR count). The van der Waals surface area contributed by atoms with Crippen molar-refractivity contribution in [3.63, 3.8) is 0 Å². The summed E-state index contributed by atoms with van der Waals surface area (Å²) in [6, 6.07) is 1.37. The molecule has 0 spiro atoms. The highest BCUT2D eigenvalue weighted by Gasteiger charge is 2.07. The van der Waals surface area contributed by atoms with Crippen molar-refractivity contribution in [3.8, 4) is 0 Å². The topological polar surface area (TPSA) is 38.9 Å². The Morgan fingerprint density at radius 2 is 2.25 bits per heavy atom. The summed E-state index contributed by atoms with van der Waals surface area (Å²) < 4.78 is 0. The highest BCUT2D eigenvalue weighted by molar-refractivity contribution is 6.32. The predicted octanol–water partition coefficient (Wildman–Crippen LogP) is 2.57. The largest absolute Gasteiger partial charge is 0.321 e. The maximum Gasteiger partial charge on any atom is 0.134 e. The number of nitrogens with zero attached hydrogens (tertiary/aromatic N) is 1. The van der Waals surface area contributed by atoms with Gasteiger partial charge in [0.25, 0.3) is 0 Å². The van der Waals surface area contributed by atoms with Crippen LogP contribution in [0.3, 0.4) is 0 Å². The molecule has 0 saturated carbocycles. The Bertz CT molecular complexity index is 299. The summed E-state index contributed by atoms with van der Waals surface area (Å²) in [4.78, 5) is 3.85. The van der Waals surface area contributed by atoms with Gasteiger partial charge in [0.05, 0.1) is 11.1 Å². The first-order valence-corrected chi connectivity index (χ1v) is 4.10. The SMILES string of the molecule is C=C[C@H](N)c1cc(Cl)cnc1Cl. The number of nitrogens with two attached hydrogens (primary N) is 1. The number of halogens is 2. The van der Waals surface area contributed by atoms with Crippen molar-refractivity contribution in [2.75, 3.05) is 0 Å². The zero-order valence-electron chi connectivity index (χ0n) is 6.30. The molecule has 1 heterocycles. The second kappa shape index (κ2) is 3.90. The van der Waals surface area contributed by atoms with Gasteiger partial charge in [-0.25, -0.2) is 4.98 Å². The van der Waals surface area contributed by atoms with E-state index < -0.39 is 0 Å². The van der Waals surface area contributed by atoms with E-state index in [1.165, 1.54) is 6.20 Å². The summed E-state index contributed by atoms with van der Waals surface area (Å²) in [7, 11) is 0. The number of hydrogen-bond donors (Lipinski definition) is 1. The molecule has 0 aliphatic carbocycles. The van der Waals surface area contributed by atoms with Crippen LogP contribution in [0.15, 0.2) is 24.9 Å². The molecule has 0 aliphatic heterocycles. The van der Waals surface area contributed by atoms with Crippen molar-refractivity contribution in [2.24, 2.45) is 5.73 Å². The van der Waals surface area contributed by atoms with Crippen LogP contribution in [0.25, 0.3) is 0 Å². The summed E-state index contributed by atoms with van der Waals surface area (Å²) in [6.45, 7) is 3.55. The lowest BCUT2D eigenvalue weighted by Crippen LogP contribution is -2.07. The van der Waals surface area contributed by atoms with Crippen molar-refractivity contribution < 1.29 is 0 Å². The van der Waals surface area contributed by atoms with Gasteiger partial charge in [0, 0.05) is 11.8 Å². The van der Waals surface area contributed by atoms with Crippen LogP contribution in [0.1, 0.15) is 11.6 Å². The van der Waals surface area contributed by atoms with E-state index in [1.54, 1.807) is 12.1 Å². The van der Waals surface area contributed by atoms with Crippen LogP contribution in [0, 0.1) is 0 Å². The molecule has 0 saturated heterocycles. The second-order valence-corrected chi connectivity index (χ2v) is 3.09. The maximum absolute atomic E-state index is 5.77. The van der Waals surface area contributed by atoms with Crippen molar-refractivity contribution in [1.29, 1.82) is 0 Å². The number of hydrogen-bond acceptors (Lipinski definition) is 2. The number of rotatable bonds is 2. The molecule has 1 aromatic heterocycles. The van der Waals surface area contributed by atoms with Crippen LogP contribution in [-0.2, 0) is 0 Å². The third-order valence-corrected chi connectivity index (χ3v) is 1.97. The zero-order valence-corrected chi connectivity index (χ0v) is 7.81.